The van der Waals surface area contributed by atoms with Gasteiger partial charge in [-0.3, -0.25) is 9.59 Å². The molecule has 0 aromatic rings. The third-order valence-electron chi connectivity index (χ3n) is 1.61. The second-order valence-electron chi connectivity index (χ2n) is 3.15. The summed E-state index contributed by atoms with van der Waals surface area (Å²) in [6.45, 7) is -0.155. The van der Waals surface area contributed by atoms with Crippen LogP contribution in [-0.4, -0.2) is 43.5 Å². The van der Waals surface area contributed by atoms with Gasteiger partial charge in [0.2, 0.25) is 5.91 Å². The van der Waals surface area contributed by atoms with E-state index in [9.17, 15) is 22.8 Å². The number of nitrogens with zero attached hydrogens (tertiary/aromatic N) is 1. The average Bonchev–Trinajstić information content (AvgIpc) is 2.09. The normalized spacial score (nSPS) is 11.0. The first-order chi connectivity index (χ1) is 6.75. The number of carbonyl (C=O) groups is 2. The number of hydrogen-bond donors (Lipinski definition) is 1. The molecule has 0 unspecified atom stereocenters. The van der Waals surface area contributed by atoms with Crippen molar-refractivity contribution < 1.29 is 22.8 Å². The van der Waals surface area contributed by atoms with E-state index in [1.807, 2.05) is 0 Å². The Balaban J connectivity index is 3.65. The van der Waals surface area contributed by atoms with E-state index in [2.05, 4.69) is 0 Å². The van der Waals surface area contributed by atoms with Crippen LogP contribution in [0.2, 0.25) is 0 Å². The standard InChI is InChI=1S/C8H13F3N2O2/c1-13(2)6(14)4-3-5-12-7(15)8(9,10)11/h3-5H2,1-2H3,(H,12,15). The van der Waals surface area contributed by atoms with E-state index in [0.717, 1.165) is 0 Å². The number of halogens is 3. The summed E-state index contributed by atoms with van der Waals surface area (Å²) < 4.78 is 35.0. The molecule has 0 aliphatic carbocycles. The molecule has 0 atom stereocenters. The predicted octanol–water partition coefficient (Wildman–Crippen LogP) is 0.533. The van der Waals surface area contributed by atoms with Gasteiger partial charge in [0.1, 0.15) is 0 Å². The van der Waals surface area contributed by atoms with Gasteiger partial charge in [-0.05, 0) is 6.42 Å². The quantitative estimate of drug-likeness (QED) is 0.711. The number of amides is 2. The van der Waals surface area contributed by atoms with E-state index in [0.29, 0.717) is 0 Å². The van der Waals surface area contributed by atoms with Crippen molar-refractivity contribution in [3.05, 3.63) is 0 Å². The zero-order chi connectivity index (χ0) is 12.1. The first-order valence-corrected chi connectivity index (χ1v) is 4.30. The zero-order valence-electron chi connectivity index (χ0n) is 8.52. The van der Waals surface area contributed by atoms with Gasteiger partial charge in [-0.1, -0.05) is 0 Å². The fourth-order valence-electron chi connectivity index (χ4n) is 0.765. The Morgan fingerprint density at radius 3 is 2.20 bits per heavy atom. The third-order valence-corrected chi connectivity index (χ3v) is 1.61. The van der Waals surface area contributed by atoms with Crippen LogP contribution in [-0.2, 0) is 9.59 Å². The molecule has 0 spiro atoms. The maximum absolute atomic E-state index is 11.7. The smallest absolute Gasteiger partial charge is 0.349 e. The van der Waals surface area contributed by atoms with Gasteiger partial charge in [0, 0.05) is 27.1 Å². The summed E-state index contributed by atoms with van der Waals surface area (Å²) in [6, 6.07) is 0. The SMILES string of the molecule is CN(C)C(=O)CCCNC(=O)C(F)(F)F. The number of nitrogens with one attached hydrogen (secondary N) is 1. The van der Waals surface area contributed by atoms with Crippen LogP contribution >= 0.6 is 0 Å². The molecule has 7 heteroatoms. The van der Waals surface area contributed by atoms with Gasteiger partial charge in [0.25, 0.3) is 0 Å². The van der Waals surface area contributed by atoms with Crippen LogP contribution in [0.4, 0.5) is 13.2 Å². The first-order valence-electron chi connectivity index (χ1n) is 4.30. The number of hydrogen-bond acceptors (Lipinski definition) is 2. The third kappa shape index (κ3) is 5.92. The van der Waals surface area contributed by atoms with Crippen LogP contribution in [0.15, 0.2) is 0 Å². The molecule has 0 aromatic heterocycles. The van der Waals surface area contributed by atoms with E-state index < -0.39 is 12.1 Å². The highest BCUT2D eigenvalue weighted by Gasteiger charge is 2.38. The van der Waals surface area contributed by atoms with Crippen LogP contribution < -0.4 is 5.32 Å². The molecule has 0 fully saturated rings. The second-order valence-corrected chi connectivity index (χ2v) is 3.15. The molecule has 0 aliphatic rings. The molecule has 4 nitrogen and oxygen atoms in total. The second kappa shape index (κ2) is 5.57. The Hall–Kier alpha value is -1.27. The minimum Gasteiger partial charge on any atom is -0.349 e. The highest BCUT2D eigenvalue weighted by molar-refractivity contribution is 5.81. The van der Waals surface area contributed by atoms with Gasteiger partial charge >= 0.3 is 12.1 Å². The Bertz CT molecular complexity index is 239. The van der Waals surface area contributed by atoms with Crippen molar-refractivity contribution in [3.63, 3.8) is 0 Å². The Kier molecular flexibility index (Phi) is 5.10. The number of alkyl halides is 3. The largest absolute Gasteiger partial charge is 0.471 e. The van der Waals surface area contributed by atoms with Crippen molar-refractivity contribution in [3.8, 4) is 0 Å². The summed E-state index contributed by atoms with van der Waals surface area (Å²) in [7, 11) is 3.10. The predicted molar refractivity (Wildman–Crippen MR) is 47.0 cm³/mol. The van der Waals surface area contributed by atoms with Crippen molar-refractivity contribution in [1.29, 1.82) is 0 Å². The van der Waals surface area contributed by atoms with Crippen molar-refractivity contribution in [2.24, 2.45) is 0 Å². The fraction of sp³-hybridized carbons (Fsp3) is 0.750. The Labute approximate surface area is 85.4 Å². The maximum atomic E-state index is 11.7. The van der Waals surface area contributed by atoms with E-state index in [1.54, 1.807) is 19.4 Å². The lowest BCUT2D eigenvalue weighted by Crippen LogP contribution is -2.37. The van der Waals surface area contributed by atoms with Crippen LogP contribution in [0, 0.1) is 0 Å². The number of rotatable bonds is 4. The van der Waals surface area contributed by atoms with Gasteiger partial charge in [0.15, 0.2) is 0 Å². The van der Waals surface area contributed by atoms with E-state index in [-0.39, 0.29) is 25.3 Å². The average molecular weight is 226 g/mol. The highest BCUT2D eigenvalue weighted by Crippen LogP contribution is 2.13. The summed E-state index contributed by atoms with van der Waals surface area (Å²) in [6.07, 6.45) is -4.55. The zero-order valence-corrected chi connectivity index (χ0v) is 8.52. The maximum Gasteiger partial charge on any atom is 0.471 e. The molecule has 0 radical (unpaired) electrons. The van der Waals surface area contributed by atoms with E-state index >= 15 is 0 Å². The molecule has 0 saturated heterocycles. The minimum atomic E-state index is -4.86. The molecular formula is C8H13F3N2O2. The highest BCUT2D eigenvalue weighted by atomic mass is 19.4. The molecule has 1 N–H and O–H groups in total. The van der Waals surface area contributed by atoms with Gasteiger partial charge < -0.3 is 10.2 Å². The van der Waals surface area contributed by atoms with E-state index in [4.69, 9.17) is 0 Å². The Morgan fingerprint density at radius 1 is 1.27 bits per heavy atom. The van der Waals surface area contributed by atoms with Crippen LogP contribution in [0.25, 0.3) is 0 Å². The summed E-state index contributed by atoms with van der Waals surface area (Å²) in [5, 5.41) is 1.68. The van der Waals surface area contributed by atoms with E-state index in [1.165, 1.54) is 4.90 Å². The summed E-state index contributed by atoms with van der Waals surface area (Å²) in [4.78, 5) is 22.6. The van der Waals surface area contributed by atoms with Crippen LogP contribution in [0.5, 0.6) is 0 Å². The molecule has 88 valence electrons. The van der Waals surface area contributed by atoms with Crippen molar-refractivity contribution in [2.75, 3.05) is 20.6 Å². The molecule has 0 heterocycles. The van der Waals surface area contributed by atoms with Gasteiger partial charge in [0.05, 0.1) is 0 Å². The van der Waals surface area contributed by atoms with Crippen LogP contribution in [0.3, 0.4) is 0 Å². The first kappa shape index (κ1) is 13.7. The molecule has 0 aliphatic heterocycles. The summed E-state index contributed by atoms with van der Waals surface area (Å²) in [5.74, 6) is -2.16. The lowest BCUT2D eigenvalue weighted by molar-refractivity contribution is -0.173. The van der Waals surface area contributed by atoms with Gasteiger partial charge in [-0.15, -0.1) is 0 Å². The monoisotopic (exact) mass is 226 g/mol. The topological polar surface area (TPSA) is 49.4 Å². The molecule has 2 amide bonds. The summed E-state index contributed by atoms with van der Waals surface area (Å²) in [5.41, 5.74) is 0. The molecular weight excluding hydrogens is 213 g/mol. The molecule has 0 aromatic carbocycles. The molecule has 0 bridgehead atoms. The lowest BCUT2D eigenvalue weighted by Gasteiger charge is -2.10. The molecule has 15 heavy (non-hydrogen) atoms. The van der Waals surface area contributed by atoms with Crippen molar-refractivity contribution in [2.45, 2.75) is 19.0 Å². The minimum absolute atomic E-state index is 0.116. The van der Waals surface area contributed by atoms with Crippen LogP contribution in [0.1, 0.15) is 12.8 Å². The fourth-order valence-corrected chi connectivity index (χ4v) is 0.765. The molecule has 0 rings (SSSR count). The van der Waals surface area contributed by atoms with Gasteiger partial charge in [-0.25, -0.2) is 0 Å². The number of carbonyl (C=O) groups excluding carboxylic acids is 2. The molecule has 0 saturated carbocycles. The Morgan fingerprint density at radius 2 is 1.80 bits per heavy atom. The van der Waals surface area contributed by atoms with Gasteiger partial charge in [-0.2, -0.15) is 13.2 Å². The van der Waals surface area contributed by atoms with Crippen molar-refractivity contribution in [1.82, 2.24) is 10.2 Å². The summed E-state index contributed by atoms with van der Waals surface area (Å²) >= 11 is 0. The van der Waals surface area contributed by atoms with Crippen molar-refractivity contribution >= 4 is 11.8 Å². The lowest BCUT2D eigenvalue weighted by atomic mass is 10.3.